The van der Waals surface area contributed by atoms with E-state index in [1.165, 1.54) is 0 Å². The lowest BCUT2D eigenvalue weighted by Gasteiger charge is -2.34. The summed E-state index contributed by atoms with van der Waals surface area (Å²) in [6, 6.07) is 17.4. The number of para-hydroxylation sites is 1. The fourth-order valence-corrected chi connectivity index (χ4v) is 4.02. The average Bonchev–Trinajstić information content (AvgIpc) is 2.75. The first-order valence-corrected chi connectivity index (χ1v) is 10.8. The third kappa shape index (κ3) is 6.07. The van der Waals surface area contributed by atoms with Gasteiger partial charge in [0.1, 0.15) is 5.75 Å². The molecule has 2 aromatic carbocycles. The zero-order chi connectivity index (χ0) is 20.6. The minimum absolute atomic E-state index is 0.0480. The van der Waals surface area contributed by atoms with Gasteiger partial charge < -0.3 is 14.5 Å². The molecule has 2 aromatic rings. The molecule has 2 amide bonds. The number of benzene rings is 2. The van der Waals surface area contributed by atoms with Crippen molar-refractivity contribution in [3.8, 4) is 5.75 Å². The maximum Gasteiger partial charge on any atom is 0.227 e. The number of halogens is 1. The van der Waals surface area contributed by atoms with E-state index in [1.807, 2.05) is 66.5 Å². The van der Waals surface area contributed by atoms with E-state index in [-0.39, 0.29) is 17.7 Å². The van der Waals surface area contributed by atoms with E-state index in [9.17, 15) is 9.59 Å². The predicted octanol–water partition coefficient (Wildman–Crippen LogP) is 4.12. The standard InChI is InChI=1S/C23H27BrN2O3/c1-25(16-18-8-5-6-12-21(18)24)23(28)19-9-7-14-26(17-19)22(27)13-15-29-20-10-3-2-4-11-20/h2-6,8,10-12,19H,7,9,13-17H2,1H3. The van der Waals surface area contributed by atoms with Crippen LogP contribution >= 0.6 is 15.9 Å². The first-order chi connectivity index (χ1) is 14.0. The highest BCUT2D eigenvalue weighted by Crippen LogP contribution is 2.22. The monoisotopic (exact) mass is 458 g/mol. The van der Waals surface area contributed by atoms with Crippen LogP contribution in [0, 0.1) is 5.92 Å². The summed E-state index contributed by atoms with van der Waals surface area (Å²) >= 11 is 3.54. The lowest BCUT2D eigenvalue weighted by molar-refractivity contribution is -0.140. The molecule has 0 saturated carbocycles. The number of amides is 2. The third-order valence-corrected chi connectivity index (χ3v) is 5.97. The molecule has 1 heterocycles. The highest BCUT2D eigenvalue weighted by Gasteiger charge is 2.30. The molecule has 6 heteroatoms. The van der Waals surface area contributed by atoms with Crippen LogP contribution in [-0.2, 0) is 16.1 Å². The SMILES string of the molecule is CN(Cc1ccccc1Br)C(=O)C1CCCN(C(=O)CCOc2ccccc2)C1. The van der Waals surface area contributed by atoms with Crippen LogP contribution in [0.15, 0.2) is 59.1 Å². The molecule has 5 nitrogen and oxygen atoms in total. The molecule has 0 aliphatic carbocycles. The van der Waals surface area contributed by atoms with Crippen LogP contribution in [0.4, 0.5) is 0 Å². The molecule has 1 atom stereocenters. The molecule has 1 saturated heterocycles. The summed E-state index contributed by atoms with van der Waals surface area (Å²) in [5, 5.41) is 0. The van der Waals surface area contributed by atoms with Gasteiger partial charge in [0.15, 0.2) is 0 Å². The largest absolute Gasteiger partial charge is 0.493 e. The van der Waals surface area contributed by atoms with Crippen molar-refractivity contribution in [3.63, 3.8) is 0 Å². The Morgan fingerprint density at radius 1 is 1.14 bits per heavy atom. The van der Waals surface area contributed by atoms with Gasteiger partial charge in [-0.1, -0.05) is 52.3 Å². The van der Waals surface area contributed by atoms with E-state index >= 15 is 0 Å². The number of ether oxygens (including phenoxy) is 1. The second kappa shape index (κ2) is 10.4. The van der Waals surface area contributed by atoms with E-state index in [1.54, 1.807) is 4.90 Å². The Balaban J connectivity index is 1.49. The van der Waals surface area contributed by atoms with Crippen molar-refractivity contribution in [2.75, 3.05) is 26.7 Å². The van der Waals surface area contributed by atoms with E-state index in [4.69, 9.17) is 4.74 Å². The maximum absolute atomic E-state index is 12.9. The van der Waals surface area contributed by atoms with Gasteiger partial charge >= 0.3 is 0 Å². The molecule has 3 rings (SSSR count). The number of rotatable bonds is 7. The zero-order valence-corrected chi connectivity index (χ0v) is 18.3. The Hall–Kier alpha value is -2.34. The van der Waals surface area contributed by atoms with Crippen molar-refractivity contribution < 1.29 is 14.3 Å². The average molecular weight is 459 g/mol. The summed E-state index contributed by atoms with van der Waals surface area (Å²) in [7, 11) is 1.83. The fraction of sp³-hybridized carbons (Fsp3) is 0.391. The smallest absolute Gasteiger partial charge is 0.227 e. The molecule has 1 aliphatic heterocycles. The molecule has 0 spiro atoms. The van der Waals surface area contributed by atoms with Crippen LogP contribution in [0.3, 0.4) is 0 Å². The van der Waals surface area contributed by atoms with E-state index < -0.39 is 0 Å². The van der Waals surface area contributed by atoms with Crippen molar-refractivity contribution in [3.05, 3.63) is 64.6 Å². The molecule has 0 bridgehead atoms. The number of nitrogens with zero attached hydrogens (tertiary/aromatic N) is 2. The molecule has 154 valence electrons. The van der Waals surface area contributed by atoms with Crippen LogP contribution in [0.5, 0.6) is 5.75 Å². The van der Waals surface area contributed by atoms with Crippen molar-refractivity contribution in [2.24, 2.45) is 5.92 Å². The van der Waals surface area contributed by atoms with Crippen molar-refractivity contribution in [2.45, 2.75) is 25.8 Å². The second-order valence-electron chi connectivity index (χ2n) is 7.38. The highest BCUT2D eigenvalue weighted by molar-refractivity contribution is 9.10. The number of piperidine rings is 1. The van der Waals surface area contributed by atoms with Crippen molar-refractivity contribution in [1.82, 2.24) is 9.80 Å². The van der Waals surface area contributed by atoms with Crippen LogP contribution < -0.4 is 4.74 Å². The Morgan fingerprint density at radius 2 is 1.86 bits per heavy atom. The maximum atomic E-state index is 12.9. The van der Waals surface area contributed by atoms with Gasteiger partial charge in [0.25, 0.3) is 0 Å². The van der Waals surface area contributed by atoms with Crippen molar-refractivity contribution in [1.29, 1.82) is 0 Å². The summed E-state index contributed by atoms with van der Waals surface area (Å²) in [6.07, 6.45) is 2.00. The zero-order valence-electron chi connectivity index (χ0n) is 16.7. The lowest BCUT2D eigenvalue weighted by atomic mass is 9.96. The second-order valence-corrected chi connectivity index (χ2v) is 8.23. The van der Waals surface area contributed by atoms with Crippen LogP contribution in [-0.4, -0.2) is 48.4 Å². The van der Waals surface area contributed by atoms with Gasteiger partial charge in [-0.15, -0.1) is 0 Å². The van der Waals surface area contributed by atoms with Crippen LogP contribution in [0.1, 0.15) is 24.8 Å². The van der Waals surface area contributed by atoms with Crippen LogP contribution in [0.25, 0.3) is 0 Å². The number of hydrogen-bond donors (Lipinski definition) is 0. The lowest BCUT2D eigenvalue weighted by Crippen LogP contribution is -2.46. The van der Waals surface area contributed by atoms with Crippen molar-refractivity contribution >= 4 is 27.7 Å². The molecule has 0 radical (unpaired) electrons. The Kier molecular flexibility index (Phi) is 7.69. The first kappa shape index (κ1) is 21.4. The molecule has 0 N–H and O–H groups in total. The number of hydrogen-bond acceptors (Lipinski definition) is 3. The van der Waals surface area contributed by atoms with Gasteiger partial charge in [0.05, 0.1) is 18.9 Å². The summed E-state index contributed by atoms with van der Waals surface area (Å²) in [5.41, 5.74) is 1.07. The van der Waals surface area contributed by atoms with Gasteiger partial charge in [0.2, 0.25) is 11.8 Å². The molecular weight excluding hydrogens is 432 g/mol. The minimum Gasteiger partial charge on any atom is -0.493 e. The quantitative estimate of drug-likeness (QED) is 0.626. The summed E-state index contributed by atoms with van der Waals surface area (Å²) < 4.78 is 6.63. The summed E-state index contributed by atoms with van der Waals surface area (Å²) in [6.45, 7) is 2.10. The molecule has 1 aliphatic rings. The predicted molar refractivity (Wildman–Crippen MR) is 116 cm³/mol. The number of carbonyl (C=O) groups excluding carboxylic acids is 2. The normalized spacial score (nSPS) is 16.3. The number of carbonyl (C=O) groups is 2. The molecule has 1 fully saturated rings. The highest BCUT2D eigenvalue weighted by atomic mass is 79.9. The van der Waals surface area contributed by atoms with Gasteiger partial charge in [-0.05, 0) is 36.6 Å². The van der Waals surface area contributed by atoms with Gasteiger partial charge in [-0.3, -0.25) is 9.59 Å². The van der Waals surface area contributed by atoms with Gasteiger partial charge in [0, 0.05) is 31.2 Å². The topological polar surface area (TPSA) is 49.9 Å². The van der Waals surface area contributed by atoms with Gasteiger partial charge in [-0.25, -0.2) is 0 Å². The van der Waals surface area contributed by atoms with E-state index in [2.05, 4.69) is 15.9 Å². The third-order valence-electron chi connectivity index (χ3n) is 5.19. The molecular formula is C23H27BrN2O3. The molecule has 0 aromatic heterocycles. The summed E-state index contributed by atoms with van der Waals surface area (Å²) in [5.74, 6) is 0.765. The van der Waals surface area contributed by atoms with Gasteiger partial charge in [-0.2, -0.15) is 0 Å². The Labute approximate surface area is 180 Å². The minimum atomic E-state index is -0.143. The first-order valence-electron chi connectivity index (χ1n) is 9.98. The van der Waals surface area contributed by atoms with Crippen LogP contribution in [0.2, 0.25) is 0 Å². The number of likely N-dealkylation sites (tertiary alicyclic amines) is 1. The Morgan fingerprint density at radius 3 is 2.62 bits per heavy atom. The summed E-state index contributed by atoms with van der Waals surface area (Å²) in [4.78, 5) is 29.1. The molecule has 1 unspecified atom stereocenters. The molecule has 29 heavy (non-hydrogen) atoms. The fourth-order valence-electron chi connectivity index (χ4n) is 3.61. The van der Waals surface area contributed by atoms with E-state index in [0.29, 0.717) is 32.7 Å². The Bertz CT molecular complexity index is 828. The van der Waals surface area contributed by atoms with E-state index in [0.717, 1.165) is 28.6 Å².